The highest BCUT2D eigenvalue weighted by Crippen LogP contribution is 2.27. The standard InChI is InChI=1S/C12H12ClN3OS.C10H8ClN3OS2/c1-8-6-11(14-12(17)7-18)16(15-8)10-4-2-9(13)3-5-10;11-7-3-1-6(2-4-7)9-13-14-10(17-9)12-8(15)5-16/h2-6,18H,7H2,1H3,(H,14,17);1-4,16H,5H2,(H,12,14,15). The summed E-state index contributed by atoms with van der Waals surface area (Å²) in [7, 11) is 0. The quantitative estimate of drug-likeness (QED) is 0.233. The fourth-order valence-electron chi connectivity index (χ4n) is 2.69. The number of rotatable bonds is 6. The summed E-state index contributed by atoms with van der Waals surface area (Å²) in [6, 6.07) is 16.3. The molecule has 0 aliphatic rings. The van der Waals surface area contributed by atoms with Gasteiger partial charge >= 0.3 is 0 Å². The van der Waals surface area contributed by atoms with Crippen molar-refractivity contribution in [2.45, 2.75) is 6.92 Å². The van der Waals surface area contributed by atoms with Crippen LogP contribution in [0.5, 0.6) is 0 Å². The molecule has 4 aromatic rings. The number of thiol groups is 2. The highest BCUT2D eigenvalue weighted by Gasteiger charge is 2.10. The molecule has 0 spiro atoms. The fourth-order valence-corrected chi connectivity index (χ4v) is 3.87. The molecule has 0 saturated heterocycles. The lowest BCUT2D eigenvalue weighted by molar-refractivity contribution is -0.114. The number of anilines is 2. The molecule has 0 aliphatic heterocycles. The molecule has 2 N–H and O–H groups in total. The Morgan fingerprint density at radius 3 is 2.09 bits per heavy atom. The van der Waals surface area contributed by atoms with Crippen molar-refractivity contribution in [3.05, 3.63) is 70.3 Å². The number of benzene rings is 2. The SMILES string of the molecule is Cc1cc(NC(=O)CS)n(-c2ccc(Cl)cc2)n1.O=C(CS)Nc1nnc(-c2ccc(Cl)cc2)s1. The van der Waals surface area contributed by atoms with Crippen LogP contribution in [-0.4, -0.2) is 43.3 Å². The average molecular weight is 568 g/mol. The topological polar surface area (TPSA) is 102 Å². The maximum Gasteiger partial charge on any atom is 0.235 e. The average Bonchev–Trinajstić information content (AvgIpc) is 3.46. The lowest BCUT2D eigenvalue weighted by Crippen LogP contribution is -2.15. The first-order valence-corrected chi connectivity index (χ1v) is 12.9. The van der Waals surface area contributed by atoms with Crippen LogP contribution in [0.4, 0.5) is 10.9 Å². The van der Waals surface area contributed by atoms with Crippen LogP contribution in [0.2, 0.25) is 10.0 Å². The molecule has 182 valence electrons. The van der Waals surface area contributed by atoms with E-state index in [1.54, 1.807) is 35.0 Å². The molecule has 35 heavy (non-hydrogen) atoms. The van der Waals surface area contributed by atoms with E-state index >= 15 is 0 Å². The van der Waals surface area contributed by atoms with Gasteiger partial charge in [0, 0.05) is 21.7 Å². The summed E-state index contributed by atoms with van der Waals surface area (Å²) in [4.78, 5) is 22.5. The first kappa shape index (κ1) is 27.0. The lowest BCUT2D eigenvalue weighted by atomic mass is 10.2. The Hall–Kier alpha value is -2.57. The van der Waals surface area contributed by atoms with Crippen LogP contribution < -0.4 is 10.6 Å². The lowest BCUT2D eigenvalue weighted by Gasteiger charge is -2.08. The van der Waals surface area contributed by atoms with E-state index in [-0.39, 0.29) is 23.3 Å². The number of aryl methyl sites for hydroxylation is 1. The van der Waals surface area contributed by atoms with Gasteiger partial charge in [-0.05, 0) is 43.3 Å². The number of halogens is 2. The van der Waals surface area contributed by atoms with Crippen molar-refractivity contribution in [2.75, 3.05) is 22.1 Å². The summed E-state index contributed by atoms with van der Waals surface area (Å²) in [6.45, 7) is 1.86. The van der Waals surface area contributed by atoms with Crippen molar-refractivity contribution >= 4 is 82.6 Å². The minimum absolute atomic E-state index is 0.121. The fraction of sp³-hybridized carbons (Fsp3) is 0.136. The van der Waals surface area contributed by atoms with Gasteiger partial charge in [-0.3, -0.25) is 14.9 Å². The van der Waals surface area contributed by atoms with Crippen LogP contribution in [0.3, 0.4) is 0 Å². The van der Waals surface area contributed by atoms with Crippen LogP contribution in [-0.2, 0) is 9.59 Å². The zero-order valence-electron chi connectivity index (χ0n) is 18.3. The second-order valence-electron chi connectivity index (χ2n) is 6.89. The zero-order valence-corrected chi connectivity index (χ0v) is 22.4. The summed E-state index contributed by atoms with van der Waals surface area (Å²) in [5.41, 5.74) is 2.57. The van der Waals surface area contributed by atoms with Gasteiger partial charge in [0.2, 0.25) is 16.9 Å². The smallest absolute Gasteiger partial charge is 0.235 e. The first-order chi connectivity index (χ1) is 16.8. The number of carbonyl (C=O) groups excluding carboxylic acids is 2. The molecule has 0 unspecified atom stereocenters. The maximum absolute atomic E-state index is 11.4. The Balaban J connectivity index is 0.000000196. The summed E-state index contributed by atoms with van der Waals surface area (Å²) in [5.74, 6) is 0.496. The molecular formula is C22H20Cl2N6O2S3. The largest absolute Gasteiger partial charge is 0.310 e. The van der Waals surface area contributed by atoms with Gasteiger partial charge in [0.25, 0.3) is 0 Å². The number of aromatic nitrogens is 4. The predicted octanol–water partition coefficient (Wildman–Crippen LogP) is 5.43. The third-order valence-electron chi connectivity index (χ3n) is 4.22. The van der Waals surface area contributed by atoms with Crippen molar-refractivity contribution in [3.8, 4) is 16.3 Å². The number of nitrogens with one attached hydrogen (secondary N) is 2. The number of hydrogen-bond donors (Lipinski definition) is 4. The van der Waals surface area contributed by atoms with Crippen LogP contribution in [0.1, 0.15) is 5.69 Å². The van der Waals surface area contributed by atoms with E-state index in [1.807, 2.05) is 31.2 Å². The Bertz CT molecular complexity index is 1290. The van der Waals surface area contributed by atoms with Crippen molar-refractivity contribution in [1.82, 2.24) is 20.0 Å². The van der Waals surface area contributed by atoms with E-state index in [1.165, 1.54) is 11.3 Å². The second kappa shape index (κ2) is 12.9. The molecule has 2 aromatic heterocycles. The van der Waals surface area contributed by atoms with E-state index in [4.69, 9.17) is 23.2 Å². The Morgan fingerprint density at radius 2 is 1.49 bits per heavy atom. The van der Waals surface area contributed by atoms with Crippen LogP contribution in [0.25, 0.3) is 16.3 Å². The molecule has 2 amide bonds. The molecule has 0 atom stereocenters. The number of carbonyl (C=O) groups is 2. The van der Waals surface area contributed by atoms with Crippen molar-refractivity contribution in [2.24, 2.45) is 0 Å². The molecule has 0 bridgehead atoms. The Morgan fingerprint density at radius 1 is 0.914 bits per heavy atom. The molecular weight excluding hydrogens is 547 g/mol. The molecule has 0 saturated carbocycles. The van der Waals surface area contributed by atoms with Gasteiger partial charge in [0.1, 0.15) is 10.8 Å². The monoisotopic (exact) mass is 566 g/mol. The number of nitrogens with zero attached hydrogens (tertiary/aromatic N) is 4. The van der Waals surface area contributed by atoms with Crippen LogP contribution >= 0.6 is 59.8 Å². The summed E-state index contributed by atoms with van der Waals surface area (Å²) in [6.07, 6.45) is 0. The Kier molecular flexibility index (Phi) is 9.99. The molecule has 4 rings (SSSR count). The third-order valence-corrected chi connectivity index (χ3v) is 6.19. The number of hydrogen-bond acceptors (Lipinski definition) is 8. The van der Waals surface area contributed by atoms with Gasteiger partial charge in [-0.15, -0.1) is 10.2 Å². The van der Waals surface area contributed by atoms with E-state index < -0.39 is 0 Å². The van der Waals surface area contributed by atoms with Gasteiger partial charge < -0.3 is 5.32 Å². The van der Waals surface area contributed by atoms with E-state index in [0.717, 1.165) is 22.0 Å². The number of amides is 2. The van der Waals surface area contributed by atoms with Crippen molar-refractivity contribution in [1.29, 1.82) is 0 Å². The van der Waals surface area contributed by atoms with E-state index in [9.17, 15) is 9.59 Å². The van der Waals surface area contributed by atoms with Crippen LogP contribution in [0, 0.1) is 6.92 Å². The van der Waals surface area contributed by atoms with Gasteiger partial charge in [0.05, 0.1) is 22.9 Å². The summed E-state index contributed by atoms with van der Waals surface area (Å²) in [5, 5.41) is 20.1. The predicted molar refractivity (Wildman–Crippen MR) is 149 cm³/mol. The molecule has 2 heterocycles. The van der Waals surface area contributed by atoms with Crippen molar-refractivity contribution < 1.29 is 9.59 Å². The highest BCUT2D eigenvalue weighted by molar-refractivity contribution is 7.81. The molecule has 13 heteroatoms. The highest BCUT2D eigenvalue weighted by atomic mass is 35.5. The van der Waals surface area contributed by atoms with E-state index in [2.05, 4.69) is 51.2 Å². The summed E-state index contributed by atoms with van der Waals surface area (Å²) >= 11 is 20.7. The molecule has 0 radical (unpaired) electrons. The normalized spacial score (nSPS) is 10.3. The van der Waals surface area contributed by atoms with E-state index in [0.29, 0.717) is 21.0 Å². The van der Waals surface area contributed by atoms with Gasteiger partial charge in [-0.25, -0.2) is 4.68 Å². The maximum atomic E-state index is 11.4. The molecule has 0 fully saturated rings. The van der Waals surface area contributed by atoms with Crippen molar-refractivity contribution in [3.63, 3.8) is 0 Å². The van der Waals surface area contributed by atoms with Gasteiger partial charge in [-0.2, -0.15) is 30.4 Å². The minimum Gasteiger partial charge on any atom is -0.310 e. The first-order valence-electron chi connectivity index (χ1n) is 10.0. The molecule has 8 nitrogen and oxygen atoms in total. The third kappa shape index (κ3) is 7.97. The minimum atomic E-state index is -0.202. The van der Waals surface area contributed by atoms with Gasteiger partial charge in [-0.1, -0.05) is 46.7 Å². The molecule has 2 aromatic carbocycles. The van der Waals surface area contributed by atoms with Gasteiger partial charge in [0.15, 0.2) is 0 Å². The zero-order chi connectivity index (χ0) is 25.4. The second-order valence-corrected chi connectivity index (χ2v) is 9.37. The summed E-state index contributed by atoms with van der Waals surface area (Å²) < 4.78 is 1.66. The Labute approximate surface area is 226 Å². The van der Waals surface area contributed by atoms with Crippen LogP contribution in [0.15, 0.2) is 54.6 Å². The molecule has 0 aliphatic carbocycles.